The first-order valence-corrected chi connectivity index (χ1v) is 10.9. The summed E-state index contributed by atoms with van der Waals surface area (Å²) in [5, 5.41) is 5.40. The van der Waals surface area contributed by atoms with E-state index in [1.54, 1.807) is 30.1 Å². The Morgan fingerprint density at radius 1 is 1.00 bits per heavy atom. The lowest BCUT2D eigenvalue weighted by atomic mass is 10.1. The van der Waals surface area contributed by atoms with Crippen molar-refractivity contribution < 1.29 is 22.7 Å². The van der Waals surface area contributed by atoms with E-state index in [-0.39, 0.29) is 25.0 Å². The van der Waals surface area contributed by atoms with Crippen molar-refractivity contribution >= 4 is 27.8 Å². The number of carbonyl (C=O) groups excluding carboxylic acids is 2. The molecule has 0 radical (unpaired) electrons. The van der Waals surface area contributed by atoms with Crippen LogP contribution in [0.4, 0.5) is 10.5 Å². The number of hydrogen-bond acceptors (Lipinski definition) is 5. The van der Waals surface area contributed by atoms with Crippen LogP contribution in [-0.4, -0.2) is 93.4 Å². The van der Waals surface area contributed by atoms with E-state index in [0.29, 0.717) is 50.6 Å². The molecule has 3 rings (SSSR count). The number of benzene rings is 1. The number of nitrogens with one attached hydrogen (secondary N) is 2. The van der Waals surface area contributed by atoms with E-state index >= 15 is 0 Å². The van der Waals surface area contributed by atoms with Crippen LogP contribution in [0.1, 0.15) is 15.9 Å². The number of urea groups is 1. The SMILES string of the molecule is CNC(=O)c1ccc(NC(=O)N2CCN(S(=O)(=O)N3CCOCC3)CC2)c(C)c1. The zero-order chi connectivity index (χ0) is 21.0. The Balaban J connectivity index is 1.57. The van der Waals surface area contributed by atoms with E-state index < -0.39 is 10.2 Å². The van der Waals surface area contributed by atoms with Crippen LogP contribution < -0.4 is 10.6 Å². The Bertz CT molecular complexity index is 861. The van der Waals surface area contributed by atoms with Crippen molar-refractivity contribution in [2.24, 2.45) is 0 Å². The standard InChI is InChI=1S/C18H27N5O5S/c1-14-13-15(17(24)19-2)3-4-16(14)20-18(25)21-5-7-22(8-6-21)29(26,27)23-9-11-28-12-10-23/h3-4,13H,5-12H2,1-2H3,(H,19,24)(H,20,25). The fourth-order valence-electron chi connectivity index (χ4n) is 3.35. The van der Waals surface area contributed by atoms with E-state index in [4.69, 9.17) is 4.74 Å². The van der Waals surface area contributed by atoms with Crippen LogP contribution in [0.25, 0.3) is 0 Å². The van der Waals surface area contributed by atoms with Gasteiger partial charge in [0.25, 0.3) is 16.1 Å². The number of aryl methyl sites for hydroxylation is 1. The number of nitrogens with zero attached hydrogens (tertiary/aromatic N) is 3. The van der Waals surface area contributed by atoms with E-state index in [2.05, 4.69) is 10.6 Å². The van der Waals surface area contributed by atoms with Crippen molar-refractivity contribution in [3.63, 3.8) is 0 Å². The summed E-state index contributed by atoms with van der Waals surface area (Å²) in [4.78, 5) is 25.9. The van der Waals surface area contributed by atoms with Crippen LogP contribution in [0.5, 0.6) is 0 Å². The van der Waals surface area contributed by atoms with Crippen molar-refractivity contribution in [2.75, 3.05) is 64.8 Å². The van der Waals surface area contributed by atoms with Crippen molar-refractivity contribution in [1.29, 1.82) is 0 Å². The molecule has 0 atom stereocenters. The van der Waals surface area contributed by atoms with Crippen LogP contribution in [0.3, 0.4) is 0 Å². The first-order valence-electron chi connectivity index (χ1n) is 9.54. The average Bonchev–Trinajstić information content (AvgIpc) is 2.75. The van der Waals surface area contributed by atoms with Crippen LogP contribution >= 0.6 is 0 Å². The maximum atomic E-state index is 12.7. The Kier molecular flexibility index (Phi) is 6.73. The molecule has 2 fully saturated rings. The van der Waals surface area contributed by atoms with E-state index in [0.717, 1.165) is 5.56 Å². The fourth-order valence-corrected chi connectivity index (χ4v) is 4.91. The number of rotatable bonds is 4. The Hall–Kier alpha value is -2.21. The number of piperazine rings is 1. The maximum absolute atomic E-state index is 12.7. The lowest BCUT2D eigenvalue weighted by Gasteiger charge is -2.37. The first-order chi connectivity index (χ1) is 13.8. The van der Waals surface area contributed by atoms with E-state index in [1.165, 1.54) is 8.61 Å². The minimum absolute atomic E-state index is 0.191. The second kappa shape index (κ2) is 9.08. The normalized spacial score (nSPS) is 19.0. The summed E-state index contributed by atoms with van der Waals surface area (Å²) < 4.78 is 33.5. The first kappa shape index (κ1) is 21.5. The summed E-state index contributed by atoms with van der Waals surface area (Å²) in [7, 11) is -1.96. The van der Waals surface area contributed by atoms with Gasteiger partial charge in [0.05, 0.1) is 13.2 Å². The molecule has 1 aromatic rings. The van der Waals surface area contributed by atoms with E-state index in [9.17, 15) is 18.0 Å². The summed E-state index contributed by atoms with van der Waals surface area (Å²) >= 11 is 0. The summed E-state index contributed by atoms with van der Waals surface area (Å²) in [5.41, 5.74) is 1.91. The van der Waals surface area contributed by atoms with Crippen LogP contribution in [-0.2, 0) is 14.9 Å². The Morgan fingerprint density at radius 3 is 2.21 bits per heavy atom. The van der Waals surface area contributed by atoms with Crippen molar-refractivity contribution in [1.82, 2.24) is 18.8 Å². The topological polar surface area (TPSA) is 111 Å². The van der Waals surface area contributed by atoms with Gasteiger partial charge in [0.1, 0.15) is 0 Å². The predicted molar refractivity (Wildman–Crippen MR) is 108 cm³/mol. The lowest BCUT2D eigenvalue weighted by Crippen LogP contribution is -2.56. The van der Waals surface area contributed by atoms with Gasteiger partial charge < -0.3 is 20.3 Å². The van der Waals surface area contributed by atoms with E-state index in [1.807, 2.05) is 6.92 Å². The third-order valence-corrected chi connectivity index (χ3v) is 7.14. The molecule has 160 valence electrons. The second-order valence-electron chi connectivity index (χ2n) is 6.94. The largest absolute Gasteiger partial charge is 0.379 e. The molecule has 2 N–H and O–H groups in total. The molecule has 10 nitrogen and oxygen atoms in total. The number of anilines is 1. The highest BCUT2D eigenvalue weighted by molar-refractivity contribution is 7.86. The molecule has 1 aromatic carbocycles. The van der Waals surface area contributed by atoms with Gasteiger partial charge in [-0.25, -0.2) is 4.79 Å². The highest BCUT2D eigenvalue weighted by atomic mass is 32.2. The van der Waals surface area contributed by atoms with Gasteiger partial charge in [-0.3, -0.25) is 4.79 Å². The van der Waals surface area contributed by atoms with Crippen molar-refractivity contribution in [2.45, 2.75) is 6.92 Å². The van der Waals surface area contributed by atoms with Crippen LogP contribution in [0, 0.1) is 6.92 Å². The average molecular weight is 426 g/mol. The number of carbonyl (C=O) groups is 2. The molecule has 0 aromatic heterocycles. The minimum Gasteiger partial charge on any atom is -0.379 e. The molecule has 0 aliphatic carbocycles. The summed E-state index contributed by atoms with van der Waals surface area (Å²) in [6.45, 7) is 4.45. The lowest BCUT2D eigenvalue weighted by molar-refractivity contribution is 0.0691. The second-order valence-corrected chi connectivity index (χ2v) is 8.87. The summed E-state index contributed by atoms with van der Waals surface area (Å²) in [6, 6.07) is 4.76. The summed E-state index contributed by atoms with van der Waals surface area (Å²) in [6.07, 6.45) is 0. The number of morpholine rings is 1. The zero-order valence-corrected chi connectivity index (χ0v) is 17.5. The number of ether oxygens (including phenoxy) is 1. The third kappa shape index (κ3) is 4.86. The molecule has 2 aliphatic heterocycles. The smallest absolute Gasteiger partial charge is 0.321 e. The van der Waals surface area contributed by atoms with Gasteiger partial charge in [0.15, 0.2) is 0 Å². The maximum Gasteiger partial charge on any atom is 0.321 e. The molecular formula is C18H27N5O5S. The molecule has 3 amide bonds. The molecule has 11 heteroatoms. The Labute approximate surface area is 171 Å². The van der Waals surface area contributed by atoms with Crippen LogP contribution in [0.15, 0.2) is 18.2 Å². The summed E-state index contributed by atoms with van der Waals surface area (Å²) in [5.74, 6) is -0.191. The van der Waals surface area contributed by atoms with Gasteiger partial charge in [-0.1, -0.05) is 0 Å². The monoisotopic (exact) mass is 425 g/mol. The van der Waals surface area contributed by atoms with Gasteiger partial charge in [-0.15, -0.1) is 0 Å². The highest BCUT2D eigenvalue weighted by Gasteiger charge is 2.34. The molecule has 2 saturated heterocycles. The molecule has 0 unspecified atom stereocenters. The van der Waals surface area contributed by atoms with Gasteiger partial charge in [0, 0.05) is 57.6 Å². The van der Waals surface area contributed by atoms with Gasteiger partial charge in [-0.05, 0) is 30.7 Å². The van der Waals surface area contributed by atoms with Crippen molar-refractivity contribution in [3.05, 3.63) is 29.3 Å². The number of hydrogen-bond donors (Lipinski definition) is 2. The van der Waals surface area contributed by atoms with Gasteiger partial charge in [0.2, 0.25) is 0 Å². The molecule has 29 heavy (non-hydrogen) atoms. The molecule has 0 spiro atoms. The molecule has 2 heterocycles. The van der Waals surface area contributed by atoms with Gasteiger partial charge in [-0.2, -0.15) is 17.0 Å². The van der Waals surface area contributed by atoms with Crippen molar-refractivity contribution in [3.8, 4) is 0 Å². The molecule has 2 aliphatic rings. The quantitative estimate of drug-likeness (QED) is 0.710. The predicted octanol–water partition coefficient (Wildman–Crippen LogP) is 0.0811. The zero-order valence-electron chi connectivity index (χ0n) is 16.7. The van der Waals surface area contributed by atoms with Crippen LogP contribution in [0.2, 0.25) is 0 Å². The number of amides is 3. The third-order valence-electron chi connectivity index (χ3n) is 5.11. The fraction of sp³-hybridized carbons (Fsp3) is 0.556. The highest BCUT2D eigenvalue weighted by Crippen LogP contribution is 2.19. The molecule has 0 bridgehead atoms. The molecular weight excluding hydrogens is 398 g/mol. The van der Waals surface area contributed by atoms with Gasteiger partial charge >= 0.3 is 6.03 Å². The minimum atomic E-state index is -3.52. The molecule has 0 saturated carbocycles. The Morgan fingerprint density at radius 2 is 1.62 bits per heavy atom.